The van der Waals surface area contributed by atoms with Gasteiger partial charge < -0.3 is 19.7 Å². The maximum absolute atomic E-state index is 13.1. The van der Waals surface area contributed by atoms with Crippen LogP contribution in [0.2, 0.25) is 0 Å². The smallest absolute Gasteiger partial charge is 0.261 e. The van der Waals surface area contributed by atoms with E-state index in [1.165, 1.54) is 0 Å². The molecule has 2 aromatic carbocycles. The van der Waals surface area contributed by atoms with E-state index in [1.807, 2.05) is 57.2 Å². The lowest BCUT2D eigenvalue weighted by Crippen LogP contribution is -2.51. The molecular formula is C23H29BrN2O4. The first-order valence-corrected chi connectivity index (χ1v) is 10.7. The third-order valence-corrected chi connectivity index (χ3v) is 5.01. The van der Waals surface area contributed by atoms with Crippen molar-refractivity contribution in [2.24, 2.45) is 0 Å². The van der Waals surface area contributed by atoms with E-state index in [0.29, 0.717) is 17.9 Å². The van der Waals surface area contributed by atoms with Crippen LogP contribution >= 0.6 is 15.9 Å². The van der Waals surface area contributed by atoms with Crippen LogP contribution in [-0.4, -0.2) is 42.5 Å². The molecule has 1 atom stereocenters. The standard InChI is InChI=1S/C23H29BrN2O4/c1-5-21(23(28)25-16(2)3)26(14-17-7-6-8-20(13-17)29-4)22(27)15-30-19-11-9-18(24)10-12-19/h6-13,16,21H,5,14-15H2,1-4H3,(H,25,28)/t21-/m0/s1. The summed E-state index contributed by atoms with van der Waals surface area (Å²) in [4.78, 5) is 27.5. The van der Waals surface area contributed by atoms with Crippen LogP contribution in [0.4, 0.5) is 0 Å². The number of hydrogen-bond donors (Lipinski definition) is 1. The summed E-state index contributed by atoms with van der Waals surface area (Å²) in [6, 6.07) is 14.1. The Labute approximate surface area is 186 Å². The van der Waals surface area contributed by atoms with Crippen LogP contribution in [0.25, 0.3) is 0 Å². The van der Waals surface area contributed by atoms with Crippen molar-refractivity contribution in [3.8, 4) is 11.5 Å². The quantitative estimate of drug-likeness (QED) is 0.558. The van der Waals surface area contributed by atoms with Crippen LogP contribution in [0.1, 0.15) is 32.8 Å². The Bertz CT molecular complexity index is 839. The summed E-state index contributed by atoms with van der Waals surface area (Å²) in [5, 5.41) is 2.91. The molecule has 7 heteroatoms. The van der Waals surface area contributed by atoms with Crippen molar-refractivity contribution >= 4 is 27.7 Å². The van der Waals surface area contributed by atoms with Crippen LogP contribution in [0.15, 0.2) is 53.0 Å². The summed E-state index contributed by atoms with van der Waals surface area (Å²) in [6.07, 6.45) is 0.493. The highest BCUT2D eigenvalue weighted by atomic mass is 79.9. The molecule has 0 heterocycles. The van der Waals surface area contributed by atoms with E-state index < -0.39 is 6.04 Å². The monoisotopic (exact) mass is 476 g/mol. The highest BCUT2D eigenvalue weighted by Gasteiger charge is 2.29. The van der Waals surface area contributed by atoms with E-state index in [-0.39, 0.29) is 31.0 Å². The largest absolute Gasteiger partial charge is 0.497 e. The van der Waals surface area contributed by atoms with E-state index in [0.717, 1.165) is 10.0 Å². The van der Waals surface area contributed by atoms with Gasteiger partial charge in [-0.3, -0.25) is 9.59 Å². The zero-order valence-electron chi connectivity index (χ0n) is 17.9. The zero-order chi connectivity index (χ0) is 22.1. The maximum Gasteiger partial charge on any atom is 0.261 e. The highest BCUT2D eigenvalue weighted by molar-refractivity contribution is 9.10. The average molecular weight is 477 g/mol. The Kier molecular flexibility index (Phi) is 9.17. The topological polar surface area (TPSA) is 67.9 Å². The second-order valence-corrected chi connectivity index (χ2v) is 8.12. The van der Waals surface area contributed by atoms with Crippen molar-refractivity contribution in [2.45, 2.75) is 45.8 Å². The van der Waals surface area contributed by atoms with Crippen molar-refractivity contribution in [1.82, 2.24) is 10.2 Å². The number of hydrogen-bond acceptors (Lipinski definition) is 4. The summed E-state index contributed by atoms with van der Waals surface area (Å²) >= 11 is 3.38. The molecular weight excluding hydrogens is 448 g/mol. The molecule has 162 valence electrons. The summed E-state index contributed by atoms with van der Waals surface area (Å²) in [6.45, 7) is 5.82. The molecule has 0 aromatic heterocycles. The van der Waals surface area contributed by atoms with Crippen LogP contribution in [0, 0.1) is 0 Å². The second kappa shape index (κ2) is 11.6. The zero-order valence-corrected chi connectivity index (χ0v) is 19.4. The van der Waals surface area contributed by atoms with Gasteiger partial charge in [-0.05, 0) is 62.2 Å². The third-order valence-electron chi connectivity index (χ3n) is 4.48. The van der Waals surface area contributed by atoms with Gasteiger partial charge in [-0.2, -0.15) is 0 Å². The third kappa shape index (κ3) is 7.06. The molecule has 0 saturated heterocycles. The van der Waals surface area contributed by atoms with Gasteiger partial charge in [0.2, 0.25) is 5.91 Å². The van der Waals surface area contributed by atoms with Crippen molar-refractivity contribution in [3.63, 3.8) is 0 Å². The molecule has 0 saturated carbocycles. The molecule has 1 N–H and O–H groups in total. The first-order valence-electron chi connectivity index (χ1n) is 9.95. The number of carbonyl (C=O) groups is 2. The van der Waals surface area contributed by atoms with Gasteiger partial charge in [-0.25, -0.2) is 0 Å². The fourth-order valence-electron chi connectivity index (χ4n) is 3.03. The molecule has 0 aliphatic carbocycles. The molecule has 2 aromatic rings. The number of rotatable bonds is 10. The number of nitrogens with zero attached hydrogens (tertiary/aromatic N) is 1. The summed E-state index contributed by atoms with van der Waals surface area (Å²) < 4.78 is 11.9. The van der Waals surface area contributed by atoms with E-state index in [4.69, 9.17) is 9.47 Å². The lowest BCUT2D eigenvalue weighted by atomic mass is 10.1. The van der Waals surface area contributed by atoms with Gasteiger partial charge in [0, 0.05) is 17.1 Å². The van der Waals surface area contributed by atoms with Gasteiger partial charge in [-0.15, -0.1) is 0 Å². The molecule has 0 bridgehead atoms. The van der Waals surface area contributed by atoms with Gasteiger partial charge >= 0.3 is 0 Å². The fourth-order valence-corrected chi connectivity index (χ4v) is 3.29. The van der Waals surface area contributed by atoms with Crippen molar-refractivity contribution < 1.29 is 19.1 Å². The number of methoxy groups -OCH3 is 1. The Morgan fingerprint density at radius 1 is 1.10 bits per heavy atom. The Morgan fingerprint density at radius 2 is 1.80 bits per heavy atom. The number of nitrogens with one attached hydrogen (secondary N) is 1. The van der Waals surface area contributed by atoms with Crippen LogP contribution in [-0.2, 0) is 16.1 Å². The minimum absolute atomic E-state index is 0.0145. The Balaban J connectivity index is 2.22. The number of carbonyl (C=O) groups excluding carboxylic acids is 2. The molecule has 0 fully saturated rings. The average Bonchev–Trinajstić information content (AvgIpc) is 2.72. The predicted octanol–water partition coefficient (Wildman–Crippen LogP) is 4.17. The van der Waals surface area contributed by atoms with Crippen molar-refractivity contribution in [1.29, 1.82) is 0 Å². The maximum atomic E-state index is 13.1. The first-order chi connectivity index (χ1) is 14.3. The van der Waals surface area contributed by atoms with Gasteiger partial charge in [0.15, 0.2) is 6.61 Å². The normalized spacial score (nSPS) is 11.7. The minimum Gasteiger partial charge on any atom is -0.497 e. The molecule has 0 unspecified atom stereocenters. The van der Waals surface area contributed by atoms with Crippen LogP contribution < -0.4 is 14.8 Å². The molecule has 2 rings (SSSR count). The minimum atomic E-state index is -0.598. The Morgan fingerprint density at radius 3 is 2.40 bits per heavy atom. The lowest BCUT2D eigenvalue weighted by molar-refractivity contribution is -0.143. The van der Waals surface area contributed by atoms with Gasteiger partial charge in [0.25, 0.3) is 5.91 Å². The fraction of sp³-hybridized carbons (Fsp3) is 0.391. The van der Waals surface area contributed by atoms with E-state index >= 15 is 0 Å². The molecule has 30 heavy (non-hydrogen) atoms. The molecule has 0 radical (unpaired) electrons. The Hall–Kier alpha value is -2.54. The van der Waals surface area contributed by atoms with E-state index in [2.05, 4.69) is 21.2 Å². The highest BCUT2D eigenvalue weighted by Crippen LogP contribution is 2.19. The predicted molar refractivity (Wildman–Crippen MR) is 121 cm³/mol. The molecule has 2 amide bonds. The molecule has 0 aliphatic heterocycles. The summed E-state index contributed by atoms with van der Waals surface area (Å²) in [7, 11) is 1.60. The SMILES string of the molecule is CC[C@@H](C(=O)NC(C)C)N(Cc1cccc(OC)c1)C(=O)COc1ccc(Br)cc1. The van der Waals surface area contributed by atoms with Gasteiger partial charge in [0.05, 0.1) is 7.11 Å². The molecule has 0 spiro atoms. The molecule has 6 nitrogen and oxygen atoms in total. The number of ether oxygens (including phenoxy) is 2. The van der Waals surface area contributed by atoms with E-state index in [9.17, 15) is 9.59 Å². The van der Waals surface area contributed by atoms with Gasteiger partial charge in [-0.1, -0.05) is 35.0 Å². The van der Waals surface area contributed by atoms with Crippen LogP contribution in [0.5, 0.6) is 11.5 Å². The van der Waals surface area contributed by atoms with Crippen molar-refractivity contribution in [3.05, 3.63) is 58.6 Å². The van der Waals surface area contributed by atoms with E-state index in [1.54, 1.807) is 24.1 Å². The summed E-state index contributed by atoms with van der Waals surface area (Å²) in [5.41, 5.74) is 0.877. The number of benzene rings is 2. The second-order valence-electron chi connectivity index (χ2n) is 7.20. The number of amides is 2. The summed E-state index contributed by atoms with van der Waals surface area (Å²) in [5.74, 6) is 0.858. The van der Waals surface area contributed by atoms with Crippen LogP contribution in [0.3, 0.4) is 0 Å². The van der Waals surface area contributed by atoms with Gasteiger partial charge in [0.1, 0.15) is 17.5 Å². The molecule has 0 aliphatic rings. The van der Waals surface area contributed by atoms with Crippen molar-refractivity contribution in [2.75, 3.05) is 13.7 Å². The lowest BCUT2D eigenvalue weighted by Gasteiger charge is -2.31. The first kappa shape index (κ1) is 23.7. The number of halogens is 1.